The quantitative estimate of drug-likeness (QED) is 0.319. The third-order valence-corrected chi connectivity index (χ3v) is 7.57. The van der Waals surface area contributed by atoms with Gasteiger partial charge in [-0.25, -0.2) is 4.98 Å². The Balaban J connectivity index is 1.33. The fourth-order valence-corrected chi connectivity index (χ4v) is 5.58. The van der Waals surface area contributed by atoms with Crippen LogP contribution in [-0.2, 0) is 11.3 Å². The molecule has 0 bridgehead atoms. The Morgan fingerprint density at radius 1 is 0.879 bits per heavy atom. The molecule has 166 valence electrons. The number of halogens is 1. The van der Waals surface area contributed by atoms with Gasteiger partial charge in [-0.2, -0.15) is 0 Å². The van der Waals surface area contributed by atoms with Crippen molar-refractivity contribution >= 4 is 32.9 Å². The molecule has 0 unspecified atom stereocenters. The number of hydrogen-bond donors (Lipinski definition) is 0. The molecule has 1 aromatic heterocycles. The molecule has 4 aromatic rings. The fraction of sp³-hybridized carbons (Fsp3) is 0.286. The van der Waals surface area contributed by atoms with E-state index in [0.29, 0.717) is 17.7 Å². The van der Waals surface area contributed by atoms with Crippen LogP contribution in [0.2, 0.25) is 0 Å². The summed E-state index contributed by atoms with van der Waals surface area (Å²) in [5, 5.41) is 0. The highest BCUT2D eigenvalue weighted by molar-refractivity contribution is 9.10. The lowest BCUT2D eigenvalue weighted by atomic mass is 10.0. The van der Waals surface area contributed by atoms with Crippen molar-refractivity contribution in [1.82, 2.24) is 14.5 Å². The van der Waals surface area contributed by atoms with Crippen molar-refractivity contribution in [2.24, 2.45) is 11.8 Å². The number of imidazole rings is 1. The highest BCUT2D eigenvalue weighted by Gasteiger charge is 2.36. The molecule has 1 atom stereocenters. The van der Waals surface area contributed by atoms with Crippen molar-refractivity contribution in [3.8, 4) is 22.5 Å². The summed E-state index contributed by atoms with van der Waals surface area (Å²) < 4.78 is 3.41. The van der Waals surface area contributed by atoms with Gasteiger partial charge in [0.25, 0.3) is 0 Å². The van der Waals surface area contributed by atoms with E-state index in [0.717, 1.165) is 65.8 Å². The topological polar surface area (TPSA) is 38.1 Å². The van der Waals surface area contributed by atoms with E-state index in [4.69, 9.17) is 4.98 Å². The Morgan fingerprint density at radius 2 is 1.61 bits per heavy atom. The molecule has 2 aliphatic rings. The van der Waals surface area contributed by atoms with Gasteiger partial charge in [0.15, 0.2) is 0 Å². The minimum Gasteiger partial charge on any atom is -0.342 e. The van der Waals surface area contributed by atoms with Crippen molar-refractivity contribution in [2.75, 3.05) is 13.1 Å². The van der Waals surface area contributed by atoms with Crippen molar-refractivity contribution in [2.45, 2.75) is 25.8 Å². The standard InChI is InChI=1S/C28H26BrN3O/c29-24-7-4-8-25-26(24)32(18-19-15-16-31(17-19)28(33)23-13-14-23)27(30-25)22-11-9-21(10-12-22)20-5-2-1-3-6-20/h1-12,19,23H,13-18H2/t19-/m0/s1. The largest absolute Gasteiger partial charge is 0.342 e. The number of para-hydroxylation sites is 1. The third-order valence-electron chi connectivity index (χ3n) is 6.93. The van der Waals surface area contributed by atoms with Crippen LogP contribution in [0.25, 0.3) is 33.5 Å². The molecule has 1 aliphatic heterocycles. The van der Waals surface area contributed by atoms with E-state index in [-0.39, 0.29) is 0 Å². The van der Waals surface area contributed by atoms with Gasteiger partial charge in [0.05, 0.1) is 11.0 Å². The van der Waals surface area contributed by atoms with Gasteiger partial charge < -0.3 is 9.47 Å². The number of likely N-dealkylation sites (tertiary alicyclic amines) is 1. The van der Waals surface area contributed by atoms with E-state index < -0.39 is 0 Å². The van der Waals surface area contributed by atoms with E-state index in [1.54, 1.807) is 0 Å². The molecule has 0 radical (unpaired) electrons. The first-order chi connectivity index (χ1) is 16.2. The van der Waals surface area contributed by atoms with Crippen LogP contribution < -0.4 is 0 Å². The molecule has 4 nitrogen and oxygen atoms in total. The number of rotatable bonds is 5. The highest BCUT2D eigenvalue weighted by Crippen LogP contribution is 2.35. The number of benzene rings is 3. The zero-order valence-electron chi connectivity index (χ0n) is 18.5. The van der Waals surface area contributed by atoms with Gasteiger partial charge in [0.1, 0.15) is 5.82 Å². The predicted octanol–water partition coefficient (Wildman–Crippen LogP) is 6.39. The van der Waals surface area contributed by atoms with Crippen molar-refractivity contribution in [1.29, 1.82) is 0 Å². The summed E-state index contributed by atoms with van der Waals surface area (Å²) in [6.07, 6.45) is 3.19. The molecule has 3 aromatic carbocycles. The van der Waals surface area contributed by atoms with E-state index in [9.17, 15) is 4.79 Å². The second-order valence-electron chi connectivity index (χ2n) is 9.31. The second kappa shape index (κ2) is 8.45. The molecule has 6 rings (SSSR count). The van der Waals surface area contributed by atoms with Gasteiger partial charge in [0.2, 0.25) is 5.91 Å². The first kappa shape index (κ1) is 20.7. The van der Waals surface area contributed by atoms with Crippen LogP contribution in [0.4, 0.5) is 0 Å². The lowest BCUT2D eigenvalue weighted by Gasteiger charge is -2.18. The Morgan fingerprint density at radius 3 is 2.36 bits per heavy atom. The first-order valence-corrected chi connectivity index (χ1v) is 12.6. The number of amides is 1. The van der Waals surface area contributed by atoms with E-state index in [1.165, 1.54) is 11.1 Å². The maximum absolute atomic E-state index is 12.6. The third kappa shape index (κ3) is 3.99. The van der Waals surface area contributed by atoms with Gasteiger partial charge in [-0.1, -0.05) is 60.7 Å². The fourth-order valence-electron chi connectivity index (χ4n) is 5.01. The molecule has 0 spiro atoms. The highest BCUT2D eigenvalue weighted by atomic mass is 79.9. The summed E-state index contributed by atoms with van der Waals surface area (Å²) in [6, 6.07) is 25.3. The summed E-state index contributed by atoms with van der Waals surface area (Å²) in [5.74, 6) is 2.10. The van der Waals surface area contributed by atoms with Crippen molar-refractivity contribution < 1.29 is 4.79 Å². The first-order valence-electron chi connectivity index (χ1n) is 11.8. The van der Waals surface area contributed by atoms with Gasteiger partial charge in [0, 0.05) is 35.6 Å². The van der Waals surface area contributed by atoms with Crippen molar-refractivity contribution in [3.63, 3.8) is 0 Å². The lowest BCUT2D eigenvalue weighted by Crippen LogP contribution is -2.30. The monoisotopic (exact) mass is 499 g/mol. The summed E-state index contributed by atoms with van der Waals surface area (Å²) in [5.41, 5.74) is 5.66. The number of nitrogens with zero attached hydrogens (tertiary/aromatic N) is 3. The normalized spacial score (nSPS) is 18.2. The molecule has 1 amide bonds. The SMILES string of the molecule is O=C(C1CC1)N1CC[C@H](Cn2c(-c3ccc(-c4ccccc4)cc3)nc3cccc(Br)c32)C1. The van der Waals surface area contributed by atoms with E-state index >= 15 is 0 Å². The zero-order valence-corrected chi connectivity index (χ0v) is 20.0. The van der Waals surface area contributed by atoms with Crippen molar-refractivity contribution in [3.05, 3.63) is 77.3 Å². The Hall–Kier alpha value is -2.92. The molecule has 1 saturated heterocycles. The molecule has 0 N–H and O–H groups in total. The summed E-state index contributed by atoms with van der Waals surface area (Å²) in [7, 11) is 0. The molecule has 2 fully saturated rings. The smallest absolute Gasteiger partial charge is 0.225 e. The number of fused-ring (bicyclic) bond motifs is 1. The summed E-state index contributed by atoms with van der Waals surface area (Å²) in [6.45, 7) is 2.60. The van der Waals surface area contributed by atoms with Crippen LogP contribution in [0.1, 0.15) is 19.3 Å². The van der Waals surface area contributed by atoms with Crippen LogP contribution >= 0.6 is 15.9 Å². The Kier molecular flexibility index (Phi) is 5.30. The number of hydrogen-bond acceptors (Lipinski definition) is 2. The van der Waals surface area contributed by atoms with Crippen LogP contribution in [0.15, 0.2) is 77.3 Å². The van der Waals surface area contributed by atoms with Gasteiger partial charge in [-0.05, 0) is 64.4 Å². The predicted molar refractivity (Wildman–Crippen MR) is 136 cm³/mol. The lowest BCUT2D eigenvalue weighted by molar-refractivity contribution is -0.131. The molecular weight excluding hydrogens is 474 g/mol. The number of carbonyl (C=O) groups is 1. The minimum atomic E-state index is 0.297. The Labute approximate surface area is 202 Å². The summed E-state index contributed by atoms with van der Waals surface area (Å²) in [4.78, 5) is 19.7. The molecule has 1 saturated carbocycles. The van der Waals surface area contributed by atoms with E-state index in [2.05, 4.69) is 86.1 Å². The number of aromatic nitrogens is 2. The maximum atomic E-state index is 12.6. The minimum absolute atomic E-state index is 0.297. The van der Waals surface area contributed by atoms with Crippen LogP contribution in [0.5, 0.6) is 0 Å². The molecule has 2 heterocycles. The van der Waals surface area contributed by atoms with Crippen LogP contribution in [0, 0.1) is 11.8 Å². The average molecular weight is 500 g/mol. The van der Waals surface area contributed by atoms with Crippen LogP contribution in [-0.4, -0.2) is 33.4 Å². The molecule has 5 heteroatoms. The second-order valence-corrected chi connectivity index (χ2v) is 10.2. The maximum Gasteiger partial charge on any atom is 0.225 e. The summed E-state index contributed by atoms with van der Waals surface area (Å²) >= 11 is 3.76. The molecular formula is C28H26BrN3O. The van der Waals surface area contributed by atoms with Gasteiger partial charge in [-0.3, -0.25) is 4.79 Å². The van der Waals surface area contributed by atoms with Gasteiger partial charge in [-0.15, -0.1) is 0 Å². The zero-order chi connectivity index (χ0) is 22.4. The molecule has 33 heavy (non-hydrogen) atoms. The van der Waals surface area contributed by atoms with E-state index in [1.807, 2.05) is 12.1 Å². The van der Waals surface area contributed by atoms with Crippen LogP contribution in [0.3, 0.4) is 0 Å². The Bertz CT molecular complexity index is 1310. The number of carbonyl (C=O) groups excluding carboxylic acids is 1. The molecule has 1 aliphatic carbocycles. The average Bonchev–Trinajstić information content (AvgIpc) is 3.49. The van der Waals surface area contributed by atoms with Gasteiger partial charge >= 0.3 is 0 Å².